The van der Waals surface area contributed by atoms with E-state index in [4.69, 9.17) is 18.9 Å². The van der Waals surface area contributed by atoms with E-state index in [0.717, 1.165) is 22.5 Å². The number of para-hydroxylation sites is 1. The molecule has 71 heavy (non-hydrogen) atoms. The van der Waals surface area contributed by atoms with Crippen LogP contribution in [0.4, 0.5) is 37.1 Å². The van der Waals surface area contributed by atoms with Crippen LogP contribution >= 0.6 is 11.3 Å². The molecule has 5 heterocycles. The molecule has 0 aliphatic carbocycles. The lowest BCUT2D eigenvalue weighted by Gasteiger charge is -2.35. The lowest BCUT2D eigenvalue weighted by atomic mass is 10.1. The van der Waals surface area contributed by atoms with Crippen LogP contribution < -0.4 is 26.2 Å². The van der Waals surface area contributed by atoms with Gasteiger partial charge < -0.3 is 44.4 Å². The van der Waals surface area contributed by atoms with E-state index in [1.807, 2.05) is 45.3 Å². The number of carbonyl (C=O) groups is 3. The Labute approximate surface area is 414 Å². The number of imidazole rings is 1. The van der Waals surface area contributed by atoms with Crippen LogP contribution in [0, 0.1) is 32.4 Å². The molecule has 4 N–H and O–H groups in total. The summed E-state index contributed by atoms with van der Waals surface area (Å²) in [4.78, 5) is 65.0. The molecular weight excluding hydrogens is 939 g/mol. The van der Waals surface area contributed by atoms with Crippen LogP contribution in [0.3, 0.4) is 0 Å². The molecule has 1 aliphatic heterocycles. The van der Waals surface area contributed by atoms with Gasteiger partial charge in [0.05, 0.1) is 106 Å². The summed E-state index contributed by atoms with van der Waals surface area (Å²) in [6.07, 6.45) is 2.90. The quantitative estimate of drug-likeness (QED) is 0.0454. The zero-order valence-electron chi connectivity index (χ0n) is 40.6. The number of hydrogen-bond acceptors (Lipinski definition) is 16. The zero-order valence-corrected chi connectivity index (χ0v) is 41.4. The summed E-state index contributed by atoms with van der Waals surface area (Å²) in [6.45, 7) is 15.8. The number of nitrogens with one attached hydrogen (secondary N) is 4. The average Bonchev–Trinajstić information content (AvgIpc) is 3.87. The minimum atomic E-state index is -0.685. The zero-order chi connectivity index (χ0) is 50.3. The number of fused-ring (bicyclic) bond motifs is 1. The lowest BCUT2D eigenvalue weighted by Crippen LogP contribution is -2.49. The molecule has 0 saturated carbocycles. The van der Waals surface area contributed by atoms with Crippen molar-refractivity contribution in [1.82, 2.24) is 39.7 Å². The van der Waals surface area contributed by atoms with Gasteiger partial charge in [0.1, 0.15) is 22.9 Å². The van der Waals surface area contributed by atoms with E-state index in [9.17, 15) is 14.4 Å². The number of thiazole rings is 1. The molecule has 3 amide bonds. The number of nitrogens with zero attached hydrogens (tertiary/aromatic N) is 8. The number of rotatable bonds is 25. The predicted octanol–water partition coefficient (Wildman–Crippen LogP) is 6.46. The number of amides is 3. The lowest BCUT2D eigenvalue weighted by molar-refractivity contribution is -0.122. The Bertz CT molecular complexity index is 2730. The SMILES string of the molecule is Cc1nc(NC(=O)c2ccccc2NC(=O)CCOCCOCCOCCOCCNC(=O)CN2CCN(c3ccc(Nc4ncc(F)c(-c5cc(F)c6nc(C)n(C(C)C)c6c5)n4)nc3)CC2)sc1C. The van der Waals surface area contributed by atoms with Crippen LogP contribution in [0.25, 0.3) is 22.3 Å². The van der Waals surface area contributed by atoms with E-state index in [-0.39, 0.29) is 66.1 Å². The maximum Gasteiger partial charge on any atom is 0.259 e. The van der Waals surface area contributed by atoms with E-state index in [1.165, 1.54) is 17.4 Å². The van der Waals surface area contributed by atoms with Gasteiger partial charge in [0.15, 0.2) is 16.8 Å². The molecule has 7 rings (SSSR count). The number of carbonyl (C=O) groups excluding carboxylic acids is 3. The number of piperazine rings is 1. The molecule has 0 atom stereocenters. The Kier molecular flexibility index (Phi) is 18.8. The molecule has 1 saturated heterocycles. The van der Waals surface area contributed by atoms with Crippen LogP contribution in [0.2, 0.25) is 0 Å². The maximum absolute atomic E-state index is 15.1. The summed E-state index contributed by atoms with van der Waals surface area (Å²) < 4.78 is 54.3. The van der Waals surface area contributed by atoms with Gasteiger partial charge in [0.2, 0.25) is 17.8 Å². The summed E-state index contributed by atoms with van der Waals surface area (Å²) in [6, 6.07) is 13.5. The van der Waals surface area contributed by atoms with Crippen molar-refractivity contribution in [1.29, 1.82) is 0 Å². The number of hydrogen-bond donors (Lipinski definition) is 4. The second-order valence-electron chi connectivity index (χ2n) is 16.9. The van der Waals surface area contributed by atoms with Gasteiger partial charge >= 0.3 is 0 Å². The third-order valence-electron chi connectivity index (χ3n) is 11.4. The van der Waals surface area contributed by atoms with Gasteiger partial charge in [-0.1, -0.05) is 12.1 Å². The number of aryl methyl sites for hydroxylation is 3. The first-order valence-electron chi connectivity index (χ1n) is 23.5. The molecule has 4 aromatic heterocycles. The molecule has 2 aromatic carbocycles. The highest BCUT2D eigenvalue weighted by molar-refractivity contribution is 7.15. The van der Waals surface area contributed by atoms with E-state index in [2.05, 4.69) is 56.0 Å². The molecule has 6 aromatic rings. The Morgan fingerprint density at radius 1 is 0.761 bits per heavy atom. The van der Waals surface area contributed by atoms with E-state index in [1.54, 1.807) is 42.6 Å². The van der Waals surface area contributed by atoms with Crippen molar-refractivity contribution in [2.75, 3.05) is 113 Å². The number of anilines is 5. The second kappa shape index (κ2) is 25.5. The fraction of sp³-hybridized carbons (Fsp3) is 0.429. The summed E-state index contributed by atoms with van der Waals surface area (Å²) in [5.41, 5.74) is 3.54. The number of benzene rings is 2. The highest BCUT2D eigenvalue weighted by atomic mass is 32.1. The second-order valence-corrected chi connectivity index (χ2v) is 18.1. The molecule has 0 bridgehead atoms. The Morgan fingerprint density at radius 3 is 2.14 bits per heavy atom. The molecule has 1 aliphatic rings. The summed E-state index contributed by atoms with van der Waals surface area (Å²) in [7, 11) is 0. The molecule has 19 nitrogen and oxygen atoms in total. The van der Waals surface area contributed by atoms with Gasteiger partial charge in [-0.2, -0.15) is 0 Å². The van der Waals surface area contributed by atoms with E-state index in [0.29, 0.717) is 113 Å². The van der Waals surface area contributed by atoms with E-state index < -0.39 is 11.6 Å². The van der Waals surface area contributed by atoms with Crippen molar-refractivity contribution in [3.8, 4) is 11.3 Å². The van der Waals surface area contributed by atoms with Gasteiger partial charge in [0.25, 0.3) is 5.91 Å². The normalized spacial score (nSPS) is 13.0. The summed E-state index contributed by atoms with van der Waals surface area (Å²) in [5.74, 6) is -0.712. The van der Waals surface area contributed by atoms with Crippen LogP contribution in [0.15, 0.2) is 60.9 Å². The van der Waals surface area contributed by atoms with Crippen molar-refractivity contribution < 1.29 is 42.1 Å². The Morgan fingerprint density at radius 2 is 1.46 bits per heavy atom. The number of pyridine rings is 1. The fourth-order valence-electron chi connectivity index (χ4n) is 7.75. The topological polar surface area (TPSA) is 212 Å². The largest absolute Gasteiger partial charge is 0.379 e. The molecular formula is C49H60F2N12O7S. The summed E-state index contributed by atoms with van der Waals surface area (Å²) in [5, 5.41) is 12.0. The molecule has 0 radical (unpaired) electrons. The van der Waals surface area contributed by atoms with E-state index >= 15 is 8.78 Å². The van der Waals surface area contributed by atoms with Crippen molar-refractivity contribution >= 4 is 68.4 Å². The third-order valence-corrected chi connectivity index (χ3v) is 12.4. The first-order valence-corrected chi connectivity index (χ1v) is 24.3. The van der Waals surface area contributed by atoms with Crippen LogP contribution in [-0.2, 0) is 28.5 Å². The van der Waals surface area contributed by atoms with Gasteiger partial charge in [-0.15, -0.1) is 11.3 Å². The number of halogens is 2. The van der Waals surface area contributed by atoms with Crippen molar-refractivity contribution in [3.63, 3.8) is 0 Å². The van der Waals surface area contributed by atoms with Gasteiger partial charge in [0, 0.05) is 49.2 Å². The Balaban J connectivity index is 0.690. The molecule has 1 fully saturated rings. The highest BCUT2D eigenvalue weighted by Crippen LogP contribution is 2.31. The van der Waals surface area contributed by atoms with Crippen molar-refractivity contribution in [3.05, 3.63) is 94.5 Å². The first-order chi connectivity index (χ1) is 34.3. The monoisotopic (exact) mass is 998 g/mol. The summed E-state index contributed by atoms with van der Waals surface area (Å²) >= 11 is 1.40. The van der Waals surface area contributed by atoms with Gasteiger partial charge in [-0.3, -0.25) is 24.6 Å². The molecule has 0 spiro atoms. The third kappa shape index (κ3) is 14.7. The molecule has 378 valence electrons. The van der Waals surface area contributed by atoms with Crippen molar-refractivity contribution in [2.45, 2.75) is 47.1 Å². The first kappa shape index (κ1) is 52.3. The standard InChI is InChI=1S/C49H60F2N12O7S/c1-31(2)63-34(5)56-46-38(50)26-35(27-41(46)63)45-39(51)29-54-48(59-45)58-42-11-10-36(28-53-42)62-16-14-61(15-17-62)30-44(65)52-13-19-68-21-23-70-25-24-69-22-20-67-18-12-43(64)57-40-9-7-6-8-37(40)47(66)60-49-55-32(3)33(4)71-49/h6-11,26-29,31H,12-25,30H2,1-5H3,(H,52,65)(H,57,64)(H,55,60,66)(H,53,54,58,59). The predicted molar refractivity (Wildman–Crippen MR) is 267 cm³/mol. The fourth-order valence-corrected chi connectivity index (χ4v) is 8.56. The Hall–Kier alpha value is -6.56. The minimum absolute atomic E-state index is 0.0257. The highest BCUT2D eigenvalue weighted by Gasteiger charge is 2.22. The van der Waals surface area contributed by atoms with Gasteiger partial charge in [-0.05, 0) is 71.0 Å². The maximum atomic E-state index is 15.1. The number of aromatic nitrogens is 6. The average molecular weight is 999 g/mol. The number of ether oxygens (including phenoxy) is 4. The molecule has 22 heteroatoms. The van der Waals surface area contributed by atoms with Crippen LogP contribution in [0.1, 0.15) is 53.1 Å². The smallest absolute Gasteiger partial charge is 0.259 e. The van der Waals surface area contributed by atoms with Crippen molar-refractivity contribution in [2.24, 2.45) is 0 Å². The van der Waals surface area contributed by atoms with Gasteiger partial charge in [-0.25, -0.2) is 33.7 Å². The molecule has 0 unspecified atom stereocenters. The minimum Gasteiger partial charge on any atom is -0.379 e. The van der Waals surface area contributed by atoms with Crippen LogP contribution in [-0.4, -0.2) is 144 Å². The van der Waals surface area contributed by atoms with Crippen LogP contribution in [0.5, 0.6) is 0 Å².